The summed E-state index contributed by atoms with van der Waals surface area (Å²) in [6.45, 7) is 1.43. The number of carbonyl (C=O) groups excluding carboxylic acids is 1. The highest BCUT2D eigenvalue weighted by Gasteiger charge is 2.14. The Morgan fingerprint density at radius 3 is 2.90 bits per heavy atom. The highest BCUT2D eigenvalue weighted by molar-refractivity contribution is 5.94. The fourth-order valence-corrected chi connectivity index (χ4v) is 1.78. The van der Waals surface area contributed by atoms with Gasteiger partial charge in [0.25, 0.3) is 5.91 Å². The molecule has 108 valence electrons. The lowest BCUT2D eigenvalue weighted by molar-refractivity contribution is 0.0935. The summed E-state index contributed by atoms with van der Waals surface area (Å²) < 4.78 is 19.0. The minimum absolute atomic E-state index is 0.139. The number of aliphatic hydroxyl groups is 1. The Morgan fingerprint density at radius 2 is 2.29 bits per heavy atom. The van der Waals surface area contributed by atoms with Gasteiger partial charge >= 0.3 is 0 Å². The van der Waals surface area contributed by atoms with Crippen molar-refractivity contribution in [3.05, 3.63) is 59.3 Å². The summed E-state index contributed by atoms with van der Waals surface area (Å²) in [5, 5.41) is 11.3. The first-order valence-electron chi connectivity index (χ1n) is 6.35. The fraction of sp³-hybridized carbons (Fsp3) is 0.188. The number of carbonyl (C=O) groups is 1. The molecule has 2 aromatic rings. The van der Waals surface area contributed by atoms with Gasteiger partial charge in [-0.25, -0.2) is 4.39 Å². The van der Waals surface area contributed by atoms with E-state index in [0.29, 0.717) is 5.76 Å². The van der Waals surface area contributed by atoms with E-state index >= 15 is 0 Å². The van der Waals surface area contributed by atoms with E-state index in [1.165, 1.54) is 18.4 Å². The number of furan rings is 1. The summed E-state index contributed by atoms with van der Waals surface area (Å²) in [5.74, 6) is 4.44. The summed E-state index contributed by atoms with van der Waals surface area (Å²) in [7, 11) is 0. The lowest BCUT2D eigenvalue weighted by Gasteiger charge is -2.11. The van der Waals surface area contributed by atoms with E-state index in [0.717, 1.165) is 6.07 Å². The quantitative estimate of drug-likeness (QED) is 0.851. The summed E-state index contributed by atoms with van der Waals surface area (Å²) in [6, 6.07) is 7.17. The summed E-state index contributed by atoms with van der Waals surface area (Å²) in [4.78, 5) is 12.0. The van der Waals surface area contributed by atoms with Crippen molar-refractivity contribution in [2.45, 2.75) is 13.0 Å². The normalized spacial score (nSPS) is 11.4. The molecule has 0 fully saturated rings. The van der Waals surface area contributed by atoms with Crippen LogP contribution < -0.4 is 5.32 Å². The third-order valence-electron chi connectivity index (χ3n) is 2.85. The first-order chi connectivity index (χ1) is 10.1. The zero-order chi connectivity index (χ0) is 15.2. The second kappa shape index (κ2) is 6.73. The van der Waals surface area contributed by atoms with Crippen molar-refractivity contribution >= 4 is 5.91 Å². The van der Waals surface area contributed by atoms with Crippen LogP contribution >= 0.6 is 0 Å². The number of halogens is 1. The van der Waals surface area contributed by atoms with Gasteiger partial charge in [-0.2, -0.15) is 0 Å². The summed E-state index contributed by atoms with van der Waals surface area (Å²) in [5.41, 5.74) is 0.333. The molecule has 0 bridgehead atoms. The van der Waals surface area contributed by atoms with Gasteiger partial charge in [0, 0.05) is 5.56 Å². The fourth-order valence-electron chi connectivity index (χ4n) is 1.78. The molecule has 1 amide bonds. The molecule has 21 heavy (non-hydrogen) atoms. The van der Waals surface area contributed by atoms with E-state index in [4.69, 9.17) is 9.52 Å². The van der Waals surface area contributed by atoms with E-state index in [1.807, 2.05) is 0 Å². The van der Waals surface area contributed by atoms with Gasteiger partial charge in [0.2, 0.25) is 0 Å². The molecule has 4 nitrogen and oxygen atoms in total. The molecule has 0 spiro atoms. The Morgan fingerprint density at radius 1 is 1.48 bits per heavy atom. The molecule has 1 aromatic heterocycles. The van der Waals surface area contributed by atoms with E-state index in [2.05, 4.69) is 17.2 Å². The Hall–Kier alpha value is -2.58. The predicted molar refractivity (Wildman–Crippen MR) is 75.0 cm³/mol. The van der Waals surface area contributed by atoms with Crippen LogP contribution in [0.2, 0.25) is 0 Å². The van der Waals surface area contributed by atoms with Gasteiger partial charge in [0.1, 0.15) is 18.2 Å². The maximum atomic E-state index is 13.8. The van der Waals surface area contributed by atoms with E-state index in [1.54, 1.807) is 19.1 Å². The van der Waals surface area contributed by atoms with E-state index < -0.39 is 11.7 Å². The number of amides is 1. The van der Waals surface area contributed by atoms with Crippen molar-refractivity contribution in [2.75, 3.05) is 6.61 Å². The zero-order valence-corrected chi connectivity index (χ0v) is 11.4. The Kier molecular flexibility index (Phi) is 4.75. The largest absolute Gasteiger partial charge is 0.467 e. The number of rotatable bonds is 3. The maximum absolute atomic E-state index is 13.8. The lowest BCUT2D eigenvalue weighted by Crippen LogP contribution is -2.26. The van der Waals surface area contributed by atoms with E-state index in [-0.39, 0.29) is 23.8 Å². The van der Waals surface area contributed by atoms with Crippen molar-refractivity contribution in [1.82, 2.24) is 5.32 Å². The molecule has 1 aromatic carbocycles. The lowest BCUT2D eigenvalue weighted by atomic mass is 10.1. The molecule has 2 N–H and O–H groups in total. The van der Waals surface area contributed by atoms with Crippen molar-refractivity contribution < 1.29 is 18.7 Å². The molecular weight excluding hydrogens is 273 g/mol. The van der Waals surface area contributed by atoms with Crippen molar-refractivity contribution in [2.24, 2.45) is 0 Å². The van der Waals surface area contributed by atoms with Crippen LogP contribution in [0, 0.1) is 17.7 Å². The molecule has 1 unspecified atom stereocenters. The number of aliphatic hydroxyl groups excluding tert-OH is 1. The van der Waals surface area contributed by atoms with Crippen LogP contribution in [0.3, 0.4) is 0 Å². The SMILES string of the molecule is CC(NC(=O)c1ccc(C#CCO)c(F)c1)c1ccco1. The molecule has 5 heteroatoms. The number of hydrogen-bond donors (Lipinski definition) is 2. The number of benzene rings is 1. The summed E-state index contributed by atoms with van der Waals surface area (Å²) in [6.07, 6.45) is 1.52. The Labute approximate surface area is 121 Å². The highest BCUT2D eigenvalue weighted by atomic mass is 19.1. The topological polar surface area (TPSA) is 62.5 Å². The third-order valence-corrected chi connectivity index (χ3v) is 2.85. The first kappa shape index (κ1) is 14.8. The maximum Gasteiger partial charge on any atom is 0.251 e. The Bertz CT molecular complexity index is 683. The van der Waals surface area contributed by atoms with Gasteiger partial charge in [-0.3, -0.25) is 4.79 Å². The van der Waals surface area contributed by atoms with Crippen molar-refractivity contribution in [1.29, 1.82) is 0 Å². The highest BCUT2D eigenvalue weighted by Crippen LogP contribution is 2.14. The minimum Gasteiger partial charge on any atom is -0.467 e. The summed E-state index contributed by atoms with van der Waals surface area (Å²) >= 11 is 0. The molecule has 0 aliphatic carbocycles. The molecule has 1 atom stereocenters. The van der Waals surface area contributed by atoms with Gasteiger partial charge in [-0.05, 0) is 37.3 Å². The second-order valence-corrected chi connectivity index (χ2v) is 4.37. The molecule has 1 heterocycles. The van der Waals surface area contributed by atoms with E-state index in [9.17, 15) is 9.18 Å². The molecule has 0 aliphatic rings. The van der Waals surface area contributed by atoms with Gasteiger partial charge < -0.3 is 14.8 Å². The van der Waals surface area contributed by atoms with Gasteiger partial charge in [0.05, 0.1) is 17.9 Å². The Balaban J connectivity index is 2.11. The predicted octanol–water partition coefficient (Wildman–Crippen LogP) is 2.25. The zero-order valence-electron chi connectivity index (χ0n) is 11.4. The van der Waals surface area contributed by atoms with Crippen LogP contribution in [-0.2, 0) is 0 Å². The van der Waals surface area contributed by atoms with Crippen LogP contribution in [0.5, 0.6) is 0 Å². The minimum atomic E-state index is -0.603. The van der Waals surface area contributed by atoms with Crippen molar-refractivity contribution in [3.63, 3.8) is 0 Å². The number of nitrogens with one attached hydrogen (secondary N) is 1. The van der Waals surface area contributed by atoms with Crippen LogP contribution in [0.4, 0.5) is 4.39 Å². The average Bonchev–Trinajstić information content (AvgIpc) is 3.00. The van der Waals surface area contributed by atoms with Crippen LogP contribution in [0.25, 0.3) is 0 Å². The average molecular weight is 287 g/mol. The molecule has 0 aliphatic heterocycles. The van der Waals surface area contributed by atoms with Gasteiger partial charge in [-0.1, -0.05) is 11.8 Å². The first-order valence-corrected chi connectivity index (χ1v) is 6.35. The van der Waals surface area contributed by atoms with Gasteiger partial charge in [0.15, 0.2) is 0 Å². The molecule has 2 rings (SSSR count). The molecule has 0 radical (unpaired) electrons. The smallest absolute Gasteiger partial charge is 0.251 e. The number of hydrogen-bond acceptors (Lipinski definition) is 3. The molecule has 0 saturated carbocycles. The van der Waals surface area contributed by atoms with Crippen LogP contribution in [0.15, 0.2) is 41.0 Å². The molecular formula is C16H14FNO3. The van der Waals surface area contributed by atoms with Gasteiger partial charge in [-0.15, -0.1) is 0 Å². The third kappa shape index (κ3) is 3.71. The molecule has 0 saturated heterocycles. The second-order valence-electron chi connectivity index (χ2n) is 4.37. The van der Waals surface area contributed by atoms with Crippen molar-refractivity contribution in [3.8, 4) is 11.8 Å². The monoisotopic (exact) mass is 287 g/mol. The standard InChI is InChI=1S/C16H14FNO3/c1-11(15-5-3-9-21-15)18-16(20)13-7-6-12(4-2-8-19)14(17)10-13/h3,5-7,9-11,19H,8H2,1H3,(H,18,20). The van der Waals surface area contributed by atoms with Crippen LogP contribution in [-0.4, -0.2) is 17.6 Å². The van der Waals surface area contributed by atoms with Crippen LogP contribution in [0.1, 0.15) is 34.6 Å².